The topological polar surface area (TPSA) is 67.4 Å². The third kappa shape index (κ3) is 4.42. The van der Waals surface area contributed by atoms with Crippen molar-refractivity contribution in [3.63, 3.8) is 0 Å². The van der Waals surface area contributed by atoms with E-state index in [0.29, 0.717) is 11.3 Å². The second-order valence-electron chi connectivity index (χ2n) is 3.12. The predicted molar refractivity (Wildman–Crippen MR) is 67.6 cm³/mol. The molecule has 17 heavy (non-hydrogen) atoms. The Morgan fingerprint density at radius 2 is 1.94 bits per heavy atom. The fraction of sp³-hybridized carbons (Fsp3) is 0.273. The standard InChI is InChI=1S/C11H14N2O3.ClH/c1-12-7-10(14)13-9-6-4-3-5-8(9)11(15)16-2;/h3-6,12H,7H2,1-2H3,(H,13,14);1H. The highest BCUT2D eigenvalue weighted by Crippen LogP contribution is 2.15. The number of esters is 1. The average Bonchev–Trinajstić information content (AvgIpc) is 2.29. The van der Waals surface area contributed by atoms with E-state index in [9.17, 15) is 9.59 Å². The quantitative estimate of drug-likeness (QED) is 0.793. The van der Waals surface area contributed by atoms with Gasteiger partial charge in [0.2, 0.25) is 5.91 Å². The fourth-order valence-corrected chi connectivity index (χ4v) is 1.24. The third-order valence-corrected chi connectivity index (χ3v) is 1.94. The van der Waals surface area contributed by atoms with Gasteiger partial charge >= 0.3 is 5.97 Å². The van der Waals surface area contributed by atoms with Gasteiger partial charge in [-0.2, -0.15) is 0 Å². The van der Waals surface area contributed by atoms with Crippen LogP contribution in [-0.4, -0.2) is 32.6 Å². The van der Waals surface area contributed by atoms with E-state index >= 15 is 0 Å². The summed E-state index contributed by atoms with van der Waals surface area (Å²) >= 11 is 0. The summed E-state index contributed by atoms with van der Waals surface area (Å²) in [6.07, 6.45) is 0. The van der Waals surface area contributed by atoms with Crippen molar-refractivity contribution in [1.82, 2.24) is 5.32 Å². The van der Waals surface area contributed by atoms with E-state index in [4.69, 9.17) is 0 Å². The Labute approximate surface area is 106 Å². The second kappa shape index (κ2) is 7.65. The lowest BCUT2D eigenvalue weighted by atomic mass is 10.2. The number of halogens is 1. The Balaban J connectivity index is 0.00000256. The van der Waals surface area contributed by atoms with Crippen LogP contribution in [0.2, 0.25) is 0 Å². The van der Waals surface area contributed by atoms with Crippen LogP contribution in [-0.2, 0) is 9.53 Å². The van der Waals surface area contributed by atoms with Gasteiger partial charge in [-0.1, -0.05) is 12.1 Å². The Morgan fingerprint density at radius 3 is 2.53 bits per heavy atom. The zero-order valence-corrected chi connectivity index (χ0v) is 10.5. The molecule has 1 aromatic carbocycles. The van der Waals surface area contributed by atoms with E-state index in [1.165, 1.54) is 7.11 Å². The maximum Gasteiger partial charge on any atom is 0.339 e. The molecule has 94 valence electrons. The average molecular weight is 259 g/mol. The van der Waals surface area contributed by atoms with Crippen LogP contribution in [0, 0.1) is 0 Å². The van der Waals surface area contributed by atoms with E-state index in [0.717, 1.165) is 0 Å². The van der Waals surface area contributed by atoms with E-state index < -0.39 is 5.97 Å². The first-order valence-electron chi connectivity index (χ1n) is 4.81. The van der Waals surface area contributed by atoms with E-state index in [1.54, 1.807) is 31.3 Å². The minimum absolute atomic E-state index is 0. The molecule has 1 aromatic rings. The van der Waals surface area contributed by atoms with Gasteiger partial charge in [0.25, 0.3) is 0 Å². The normalized spacial score (nSPS) is 9.06. The molecular formula is C11H15ClN2O3. The maximum absolute atomic E-state index is 11.4. The molecule has 0 bridgehead atoms. The van der Waals surface area contributed by atoms with Gasteiger partial charge in [-0.05, 0) is 19.2 Å². The molecule has 0 unspecified atom stereocenters. The fourth-order valence-electron chi connectivity index (χ4n) is 1.24. The van der Waals surface area contributed by atoms with Crippen LogP contribution in [0.25, 0.3) is 0 Å². The summed E-state index contributed by atoms with van der Waals surface area (Å²) in [6, 6.07) is 6.70. The van der Waals surface area contributed by atoms with Crippen molar-refractivity contribution >= 4 is 30.0 Å². The number of ether oxygens (including phenoxy) is 1. The molecule has 1 rings (SSSR count). The summed E-state index contributed by atoms with van der Waals surface area (Å²) in [7, 11) is 2.97. The number of nitrogens with one attached hydrogen (secondary N) is 2. The summed E-state index contributed by atoms with van der Waals surface area (Å²) in [5.41, 5.74) is 0.795. The molecule has 0 atom stereocenters. The Hall–Kier alpha value is -1.59. The number of amides is 1. The van der Waals surface area contributed by atoms with E-state index in [1.807, 2.05) is 0 Å². The van der Waals surface area contributed by atoms with Crippen LogP contribution >= 0.6 is 12.4 Å². The van der Waals surface area contributed by atoms with Crippen LogP contribution in [0.1, 0.15) is 10.4 Å². The molecule has 0 saturated carbocycles. The molecule has 0 aliphatic heterocycles. The van der Waals surface area contributed by atoms with Crippen LogP contribution in [0.3, 0.4) is 0 Å². The van der Waals surface area contributed by atoms with Crippen molar-refractivity contribution < 1.29 is 14.3 Å². The summed E-state index contributed by atoms with van der Waals surface area (Å²) in [5, 5.41) is 5.35. The number of anilines is 1. The molecule has 0 spiro atoms. The van der Waals surface area contributed by atoms with Crippen LogP contribution in [0.4, 0.5) is 5.69 Å². The molecule has 0 saturated heterocycles. The molecule has 6 heteroatoms. The first-order chi connectivity index (χ1) is 7.69. The van der Waals surface area contributed by atoms with Gasteiger partial charge in [0, 0.05) is 0 Å². The van der Waals surface area contributed by atoms with Crippen LogP contribution < -0.4 is 10.6 Å². The Bertz CT molecular complexity index is 396. The van der Waals surface area contributed by atoms with E-state index in [2.05, 4.69) is 15.4 Å². The molecule has 0 aliphatic rings. The predicted octanol–water partition coefficient (Wildman–Crippen LogP) is 1.05. The first-order valence-corrected chi connectivity index (χ1v) is 4.81. The Morgan fingerprint density at radius 1 is 1.29 bits per heavy atom. The van der Waals surface area contributed by atoms with Gasteiger partial charge in [0.1, 0.15) is 0 Å². The largest absolute Gasteiger partial charge is 0.465 e. The molecule has 0 radical (unpaired) electrons. The summed E-state index contributed by atoms with van der Waals surface area (Å²) < 4.78 is 4.61. The van der Waals surface area contributed by atoms with Gasteiger partial charge < -0.3 is 15.4 Å². The molecule has 5 nitrogen and oxygen atoms in total. The van der Waals surface area contributed by atoms with Crippen molar-refractivity contribution in [2.24, 2.45) is 0 Å². The zero-order chi connectivity index (χ0) is 12.0. The van der Waals surface area contributed by atoms with Crippen molar-refractivity contribution in [1.29, 1.82) is 0 Å². The molecule has 1 amide bonds. The molecular weight excluding hydrogens is 244 g/mol. The second-order valence-corrected chi connectivity index (χ2v) is 3.12. The number of para-hydroxylation sites is 1. The Kier molecular flexibility index (Phi) is 6.93. The van der Waals surface area contributed by atoms with Crippen molar-refractivity contribution in [2.45, 2.75) is 0 Å². The van der Waals surface area contributed by atoms with Gasteiger partial charge in [-0.25, -0.2) is 4.79 Å². The number of hydrogen-bond donors (Lipinski definition) is 2. The summed E-state index contributed by atoms with van der Waals surface area (Å²) in [6.45, 7) is 0.190. The first kappa shape index (κ1) is 15.4. The monoisotopic (exact) mass is 258 g/mol. The molecule has 0 heterocycles. The summed E-state index contributed by atoms with van der Waals surface area (Å²) in [5.74, 6) is -0.681. The van der Waals surface area contributed by atoms with Gasteiger partial charge in [0.15, 0.2) is 0 Å². The number of methoxy groups -OCH3 is 1. The lowest BCUT2D eigenvalue weighted by Crippen LogP contribution is -2.26. The smallest absolute Gasteiger partial charge is 0.339 e. The number of carbonyl (C=O) groups excluding carboxylic acids is 2. The maximum atomic E-state index is 11.4. The molecule has 2 N–H and O–H groups in total. The van der Waals surface area contributed by atoms with Crippen molar-refractivity contribution in [3.05, 3.63) is 29.8 Å². The lowest BCUT2D eigenvalue weighted by Gasteiger charge is -2.08. The highest BCUT2D eigenvalue weighted by Gasteiger charge is 2.12. The minimum Gasteiger partial charge on any atom is -0.465 e. The molecule has 0 aromatic heterocycles. The van der Waals surface area contributed by atoms with Gasteiger partial charge in [-0.15, -0.1) is 12.4 Å². The highest BCUT2D eigenvalue weighted by atomic mass is 35.5. The van der Waals surface area contributed by atoms with Crippen LogP contribution in [0.15, 0.2) is 24.3 Å². The molecule has 0 aliphatic carbocycles. The van der Waals surface area contributed by atoms with Crippen molar-refractivity contribution in [3.8, 4) is 0 Å². The SMILES string of the molecule is CNCC(=O)Nc1ccccc1C(=O)OC.Cl. The van der Waals surface area contributed by atoms with Crippen molar-refractivity contribution in [2.75, 3.05) is 26.0 Å². The highest BCUT2D eigenvalue weighted by molar-refractivity contribution is 6.01. The molecule has 0 fully saturated rings. The van der Waals surface area contributed by atoms with E-state index in [-0.39, 0.29) is 24.9 Å². The van der Waals surface area contributed by atoms with Crippen LogP contribution in [0.5, 0.6) is 0 Å². The summed E-state index contributed by atoms with van der Waals surface area (Å²) in [4.78, 5) is 22.7. The third-order valence-electron chi connectivity index (χ3n) is 1.94. The minimum atomic E-state index is -0.472. The number of hydrogen-bond acceptors (Lipinski definition) is 4. The zero-order valence-electron chi connectivity index (χ0n) is 9.65. The number of carbonyl (C=O) groups is 2. The lowest BCUT2D eigenvalue weighted by molar-refractivity contribution is -0.115. The van der Waals surface area contributed by atoms with Gasteiger partial charge in [-0.3, -0.25) is 4.79 Å². The number of benzene rings is 1. The number of rotatable bonds is 4. The number of likely N-dealkylation sites (N-methyl/N-ethyl adjacent to an activating group) is 1. The van der Waals surface area contributed by atoms with Gasteiger partial charge in [0.05, 0.1) is 24.9 Å².